The van der Waals surface area contributed by atoms with Crippen LogP contribution in [0, 0.1) is 0 Å². The van der Waals surface area contributed by atoms with Crippen LogP contribution in [0.2, 0.25) is 0 Å². The molecule has 0 aliphatic heterocycles. The van der Waals surface area contributed by atoms with E-state index in [0.717, 1.165) is 0 Å². The van der Waals surface area contributed by atoms with Crippen molar-refractivity contribution in [3.63, 3.8) is 0 Å². The summed E-state index contributed by atoms with van der Waals surface area (Å²) in [5.74, 6) is 0. The van der Waals surface area contributed by atoms with E-state index in [2.05, 4.69) is 0 Å². The van der Waals surface area contributed by atoms with Crippen molar-refractivity contribution < 1.29 is 0 Å². The fraction of sp³-hybridized carbons (Fsp3) is 0. The molecule has 0 unspecified atom stereocenters. The molecule has 0 aliphatic rings. The third-order valence-corrected chi connectivity index (χ3v) is 0. The summed E-state index contributed by atoms with van der Waals surface area (Å²) in [6.45, 7) is 0. The van der Waals surface area contributed by atoms with Crippen molar-refractivity contribution in [3.05, 3.63) is 0 Å². The van der Waals surface area contributed by atoms with E-state index in [4.69, 9.17) is 0 Å². The van der Waals surface area contributed by atoms with Gasteiger partial charge in [0.2, 0.25) is 0 Å². The molecule has 0 atom stereocenters. The van der Waals surface area contributed by atoms with Gasteiger partial charge in [-0.05, 0) is 0 Å². The van der Waals surface area contributed by atoms with E-state index in [9.17, 15) is 0 Å². The Hall–Kier alpha value is 3.60. The van der Waals surface area contributed by atoms with Gasteiger partial charge in [0.15, 0.2) is 0 Å². The second-order valence-electron chi connectivity index (χ2n) is 0. The van der Waals surface area contributed by atoms with E-state index >= 15 is 0 Å². The zero-order valence-corrected chi connectivity index (χ0v) is 19.4. The molecule has 4 heteroatoms. The Kier molecular flexibility index (Phi) is 102. The molecule has 0 nitrogen and oxygen atoms in total. The maximum atomic E-state index is 0. The molecule has 0 saturated heterocycles. The van der Waals surface area contributed by atoms with E-state index in [1.165, 1.54) is 0 Å². The molecule has 16 valence electrons. The molecule has 4 heavy (non-hydrogen) atoms. The van der Waals surface area contributed by atoms with E-state index in [1.807, 2.05) is 0 Å². The van der Waals surface area contributed by atoms with Crippen molar-refractivity contribution >= 4 is 107 Å². The van der Waals surface area contributed by atoms with Crippen molar-refractivity contribution in [1.82, 2.24) is 0 Å². The first kappa shape index (κ1) is 25.6. The normalized spacial score (nSPS) is 0. The Morgan fingerprint density at radius 1 is 0.500 bits per heavy atom. The zero-order valence-electron chi connectivity index (χ0n) is 4.00. The third-order valence-electron chi connectivity index (χ3n) is 0. The molecule has 4 radical (unpaired) electrons. The standard InChI is InChI=1S/2Na.2Sn.6H. The molecule has 0 aliphatic carbocycles. The third kappa shape index (κ3) is 9.14. The summed E-state index contributed by atoms with van der Waals surface area (Å²) in [5.41, 5.74) is 0. The maximum absolute atomic E-state index is 0. The Labute approximate surface area is 104 Å². The molecule has 0 aromatic rings. The van der Waals surface area contributed by atoms with Crippen LogP contribution in [0.25, 0.3) is 0 Å². The van der Waals surface area contributed by atoms with Gasteiger partial charge in [-0.1, -0.05) is 0 Å². The number of rotatable bonds is 0. The van der Waals surface area contributed by atoms with E-state index in [-0.39, 0.29) is 107 Å². The van der Waals surface area contributed by atoms with Crippen LogP contribution in [0.5, 0.6) is 0 Å². The van der Waals surface area contributed by atoms with Crippen LogP contribution in [-0.2, 0) is 0 Å². The van der Waals surface area contributed by atoms with E-state index in [1.54, 1.807) is 0 Å². The van der Waals surface area contributed by atoms with Gasteiger partial charge in [-0.15, -0.1) is 0 Å². The molecule has 0 bridgehead atoms. The quantitative estimate of drug-likeness (QED) is 0.414. The number of hydrogen-bond donors (Lipinski definition) is 0. The van der Waals surface area contributed by atoms with Crippen LogP contribution in [0.4, 0.5) is 0 Å². The summed E-state index contributed by atoms with van der Waals surface area (Å²) in [7, 11) is 0. The molecule has 0 fully saturated rings. The van der Waals surface area contributed by atoms with E-state index in [0.29, 0.717) is 0 Å². The minimum absolute atomic E-state index is 0. The topological polar surface area (TPSA) is 0 Å². The van der Waals surface area contributed by atoms with Crippen molar-refractivity contribution in [2.45, 2.75) is 0 Å². The molecule has 0 aromatic heterocycles. The summed E-state index contributed by atoms with van der Waals surface area (Å²) in [4.78, 5) is 0. The molecule has 0 rings (SSSR count). The van der Waals surface area contributed by atoms with Gasteiger partial charge in [-0.25, -0.2) is 0 Å². The van der Waals surface area contributed by atoms with Crippen LogP contribution in [0.3, 0.4) is 0 Å². The average molecular weight is 289 g/mol. The summed E-state index contributed by atoms with van der Waals surface area (Å²) in [6, 6.07) is 0. The van der Waals surface area contributed by atoms with Crippen molar-refractivity contribution in [2.24, 2.45) is 0 Å². The first-order valence-electron chi connectivity index (χ1n) is 0. The van der Waals surface area contributed by atoms with Gasteiger partial charge in [0, 0.05) is 59.1 Å². The second kappa shape index (κ2) is 16.0. The average Bonchev–Trinajstić information content (AvgIpc) is 0. The fourth-order valence-electron chi connectivity index (χ4n) is 0. The Morgan fingerprint density at radius 2 is 0.500 bits per heavy atom. The van der Waals surface area contributed by atoms with Gasteiger partial charge in [-0.2, -0.15) is 0 Å². The van der Waals surface area contributed by atoms with Crippen LogP contribution in [0.15, 0.2) is 0 Å². The van der Waals surface area contributed by atoms with Gasteiger partial charge < -0.3 is 0 Å². The molecule has 0 aromatic carbocycles. The second-order valence-corrected chi connectivity index (χ2v) is 0. The van der Waals surface area contributed by atoms with Gasteiger partial charge in [0.25, 0.3) is 0 Å². The summed E-state index contributed by atoms with van der Waals surface area (Å²) >= 11 is 0. The Bertz CT molecular complexity index is 4.00. The number of hydrogen-bond acceptors (Lipinski definition) is 0. The van der Waals surface area contributed by atoms with Crippen molar-refractivity contribution in [2.75, 3.05) is 0 Å². The SMILES string of the molecule is [Na].[Na].[SnH3].[SnH3]. The van der Waals surface area contributed by atoms with Crippen LogP contribution in [-0.4, -0.2) is 107 Å². The Balaban J connectivity index is 0. The van der Waals surface area contributed by atoms with Gasteiger partial charge in [0.05, 0.1) is 0 Å². The van der Waals surface area contributed by atoms with Gasteiger partial charge >= 0.3 is 47.8 Å². The van der Waals surface area contributed by atoms with Crippen LogP contribution < -0.4 is 0 Å². The van der Waals surface area contributed by atoms with Gasteiger partial charge in [-0.3, -0.25) is 0 Å². The monoisotopic (exact) mass is 292 g/mol. The molecule has 0 heterocycles. The first-order chi connectivity index (χ1) is 0. The molecule has 0 saturated carbocycles. The minimum atomic E-state index is 0. The summed E-state index contributed by atoms with van der Waals surface area (Å²) in [5, 5.41) is 0. The molecule has 0 spiro atoms. The summed E-state index contributed by atoms with van der Waals surface area (Å²) < 4.78 is 0. The molecule has 0 N–H and O–H groups in total. The van der Waals surface area contributed by atoms with E-state index < -0.39 is 0 Å². The molecular formula is H6Na2Sn2. The van der Waals surface area contributed by atoms with Crippen LogP contribution >= 0.6 is 0 Å². The van der Waals surface area contributed by atoms with Crippen molar-refractivity contribution in [3.8, 4) is 0 Å². The first-order valence-corrected chi connectivity index (χ1v) is 0. The van der Waals surface area contributed by atoms with Crippen molar-refractivity contribution in [1.29, 1.82) is 0 Å². The summed E-state index contributed by atoms with van der Waals surface area (Å²) in [6.07, 6.45) is 0. The van der Waals surface area contributed by atoms with Crippen LogP contribution in [0.1, 0.15) is 0 Å². The predicted molar refractivity (Wildman–Crippen MR) is 31.4 cm³/mol. The Morgan fingerprint density at radius 3 is 0.500 bits per heavy atom. The molecule has 0 amide bonds. The van der Waals surface area contributed by atoms with Gasteiger partial charge in [0.1, 0.15) is 0 Å². The zero-order chi connectivity index (χ0) is 0. The molecular weight excluding hydrogens is 283 g/mol. The predicted octanol–water partition coefficient (Wildman–Crippen LogP) is -3.13. The fourth-order valence-corrected chi connectivity index (χ4v) is 0.